The topological polar surface area (TPSA) is 101 Å². The molecule has 0 bridgehead atoms. The molecular formula is C32H28N4O4. The van der Waals surface area contributed by atoms with E-state index in [9.17, 15) is 9.59 Å². The summed E-state index contributed by atoms with van der Waals surface area (Å²) in [6, 6.07) is 27.2. The Kier molecular flexibility index (Phi) is 6.76. The Balaban J connectivity index is 1.54. The molecule has 0 atom stereocenters. The van der Waals surface area contributed by atoms with Gasteiger partial charge in [0, 0.05) is 36.1 Å². The van der Waals surface area contributed by atoms with Gasteiger partial charge in [0.1, 0.15) is 23.6 Å². The van der Waals surface area contributed by atoms with Crippen LogP contribution in [0.1, 0.15) is 18.9 Å². The molecule has 0 fully saturated rings. The van der Waals surface area contributed by atoms with Crippen molar-refractivity contribution in [3.8, 4) is 17.0 Å². The molecule has 2 N–H and O–H groups in total. The fourth-order valence-electron chi connectivity index (χ4n) is 4.98. The van der Waals surface area contributed by atoms with Crippen LogP contribution in [0.3, 0.4) is 0 Å². The molecular weight excluding hydrogens is 504 g/mol. The lowest BCUT2D eigenvalue weighted by Crippen LogP contribution is -2.31. The van der Waals surface area contributed by atoms with Crippen LogP contribution < -0.4 is 20.9 Å². The van der Waals surface area contributed by atoms with Crippen LogP contribution in [0.5, 0.6) is 5.75 Å². The van der Waals surface area contributed by atoms with Gasteiger partial charge in [0.2, 0.25) is 0 Å². The van der Waals surface area contributed by atoms with E-state index < -0.39 is 11.5 Å². The molecule has 8 nitrogen and oxygen atoms in total. The van der Waals surface area contributed by atoms with Crippen molar-refractivity contribution in [2.45, 2.75) is 26.5 Å². The van der Waals surface area contributed by atoms with Gasteiger partial charge in [-0.1, -0.05) is 54.6 Å². The predicted molar refractivity (Wildman–Crippen MR) is 156 cm³/mol. The summed E-state index contributed by atoms with van der Waals surface area (Å²) in [6.07, 6.45) is 2.68. The number of ether oxygens (including phenoxy) is 1. The van der Waals surface area contributed by atoms with E-state index in [1.165, 1.54) is 6.92 Å². The average Bonchev–Trinajstić information content (AvgIpc) is 3.33. The fraction of sp³-hybridized carbons (Fsp3) is 0.156. The molecule has 2 aromatic heterocycles. The SMILES string of the molecule is CC(=O)On1c(=O)c(-c2cn(CCCN)c3ccc(OCc4ccccc4)cc23)nc2cc3ccccc3cc21. The standard InChI is InChI=1S/C32H28N4O4/c1-21(37)40-36-30-17-24-11-6-5-10-23(24)16-28(30)34-31(32(36)38)27-19-35(15-7-14-33)29-13-12-25(18-26(27)29)39-20-22-8-3-2-4-9-22/h2-6,8-13,16-19H,7,14-15,20,33H2,1H3. The number of carbonyl (C=O) groups is 1. The molecule has 40 heavy (non-hydrogen) atoms. The van der Waals surface area contributed by atoms with E-state index in [0.29, 0.717) is 42.0 Å². The first-order valence-corrected chi connectivity index (χ1v) is 13.2. The van der Waals surface area contributed by atoms with Gasteiger partial charge in [-0.05, 0) is 59.6 Å². The molecule has 0 saturated carbocycles. The number of carbonyl (C=O) groups excluding carboxylic acids is 1. The third-order valence-electron chi connectivity index (χ3n) is 6.86. The number of hydrogen-bond donors (Lipinski definition) is 1. The molecule has 0 spiro atoms. The van der Waals surface area contributed by atoms with Crippen LogP contribution in [0, 0.1) is 0 Å². The summed E-state index contributed by atoms with van der Waals surface area (Å²) in [5.41, 5.74) is 9.02. The highest BCUT2D eigenvalue weighted by Gasteiger charge is 2.20. The van der Waals surface area contributed by atoms with E-state index in [1.54, 1.807) is 0 Å². The molecule has 4 aromatic carbocycles. The zero-order valence-corrected chi connectivity index (χ0v) is 22.0. The third kappa shape index (κ3) is 4.81. The van der Waals surface area contributed by atoms with E-state index in [2.05, 4.69) is 4.57 Å². The minimum atomic E-state index is -0.601. The Hall–Kier alpha value is -4.95. The number of fused-ring (bicyclic) bond motifs is 3. The van der Waals surface area contributed by atoms with Crippen LogP contribution in [-0.2, 0) is 17.9 Å². The zero-order valence-electron chi connectivity index (χ0n) is 22.0. The lowest BCUT2D eigenvalue weighted by Gasteiger charge is -2.12. The smallest absolute Gasteiger partial charge is 0.330 e. The Morgan fingerprint density at radius 1 is 0.925 bits per heavy atom. The Morgan fingerprint density at radius 3 is 2.42 bits per heavy atom. The summed E-state index contributed by atoms with van der Waals surface area (Å²) in [7, 11) is 0. The van der Waals surface area contributed by atoms with Crippen molar-refractivity contribution in [1.29, 1.82) is 0 Å². The van der Waals surface area contributed by atoms with Gasteiger partial charge in [-0.25, -0.2) is 9.78 Å². The molecule has 0 unspecified atom stereocenters. The van der Waals surface area contributed by atoms with Crippen LogP contribution in [0.25, 0.3) is 44.0 Å². The number of benzene rings is 4. The first-order chi connectivity index (χ1) is 19.5. The van der Waals surface area contributed by atoms with Crippen LogP contribution in [0.2, 0.25) is 0 Å². The van der Waals surface area contributed by atoms with Gasteiger partial charge in [-0.2, -0.15) is 0 Å². The van der Waals surface area contributed by atoms with Crippen molar-refractivity contribution >= 4 is 38.7 Å². The van der Waals surface area contributed by atoms with E-state index in [0.717, 1.165) is 38.4 Å². The maximum absolute atomic E-state index is 13.9. The highest BCUT2D eigenvalue weighted by atomic mass is 16.7. The van der Waals surface area contributed by atoms with Crippen LogP contribution >= 0.6 is 0 Å². The van der Waals surface area contributed by atoms with Crippen molar-refractivity contribution in [2.75, 3.05) is 6.54 Å². The average molecular weight is 533 g/mol. The minimum Gasteiger partial charge on any atom is -0.489 e. The first kappa shape index (κ1) is 25.3. The highest BCUT2D eigenvalue weighted by molar-refractivity contribution is 5.99. The van der Waals surface area contributed by atoms with E-state index in [1.807, 2.05) is 91.1 Å². The number of aryl methyl sites for hydroxylation is 1. The second-order valence-corrected chi connectivity index (χ2v) is 9.66. The molecule has 0 amide bonds. The highest BCUT2D eigenvalue weighted by Crippen LogP contribution is 2.33. The van der Waals surface area contributed by atoms with Crippen LogP contribution in [0.4, 0.5) is 0 Å². The molecule has 0 aliphatic carbocycles. The molecule has 0 radical (unpaired) electrons. The maximum atomic E-state index is 13.9. The largest absolute Gasteiger partial charge is 0.489 e. The summed E-state index contributed by atoms with van der Waals surface area (Å²) >= 11 is 0. The van der Waals surface area contributed by atoms with Crippen molar-refractivity contribution in [2.24, 2.45) is 5.73 Å². The molecule has 0 aliphatic heterocycles. The molecule has 6 rings (SSSR count). The number of nitrogens with two attached hydrogens (primary N) is 1. The Bertz CT molecular complexity index is 1930. The van der Waals surface area contributed by atoms with E-state index >= 15 is 0 Å². The van der Waals surface area contributed by atoms with Crippen LogP contribution in [0.15, 0.2) is 95.9 Å². The van der Waals surface area contributed by atoms with Gasteiger partial charge in [0.25, 0.3) is 0 Å². The summed E-state index contributed by atoms with van der Waals surface area (Å²) < 4.78 is 9.22. The fourth-order valence-corrected chi connectivity index (χ4v) is 4.98. The second-order valence-electron chi connectivity index (χ2n) is 9.66. The second kappa shape index (κ2) is 10.7. The van der Waals surface area contributed by atoms with E-state index in [4.69, 9.17) is 20.3 Å². The summed E-state index contributed by atoms with van der Waals surface area (Å²) in [5, 5.41) is 2.67. The van der Waals surface area contributed by atoms with Crippen LogP contribution in [-0.4, -0.2) is 26.8 Å². The molecule has 2 heterocycles. The van der Waals surface area contributed by atoms with Crippen molar-refractivity contribution in [3.05, 3.63) is 107 Å². The molecule has 200 valence electrons. The van der Waals surface area contributed by atoms with Gasteiger partial charge in [-0.3, -0.25) is 4.79 Å². The first-order valence-electron chi connectivity index (χ1n) is 13.2. The van der Waals surface area contributed by atoms with Gasteiger partial charge in [0.15, 0.2) is 0 Å². The lowest BCUT2D eigenvalue weighted by atomic mass is 10.1. The van der Waals surface area contributed by atoms with Gasteiger partial charge < -0.3 is 19.9 Å². The van der Waals surface area contributed by atoms with Crippen molar-refractivity contribution in [1.82, 2.24) is 14.3 Å². The number of nitrogens with zero attached hydrogens (tertiary/aromatic N) is 3. The Morgan fingerprint density at radius 2 is 1.68 bits per heavy atom. The maximum Gasteiger partial charge on any atom is 0.330 e. The van der Waals surface area contributed by atoms with E-state index in [-0.39, 0.29) is 5.69 Å². The number of aromatic nitrogens is 3. The minimum absolute atomic E-state index is 0.181. The normalized spacial score (nSPS) is 11.3. The van der Waals surface area contributed by atoms with Gasteiger partial charge in [0.05, 0.1) is 5.52 Å². The number of hydrogen-bond acceptors (Lipinski definition) is 6. The summed E-state index contributed by atoms with van der Waals surface area (Å²) in [5.74, 6) is 0.0666. The van der Waals surface area contributed by atoms with Crippen molar-refractivity contribution in [3.63, 3.8) is 0 Å². The molecule has 6 aromatic rings. The molecule has 0 saturated heterocycles. The van der Waals surface area contributed by atoms with Crippen molar-refractivity contribution < 1.29 is 14.4 Å². The molecule has 8 heteroatoms. The number of rotatable bonds is 8. The predicted octanol–water partition coefficient (Wildman–Crippen LogP) is 5.07. The third-order valence-corrected chi connectivity index (χ3v) is 6.86. The monoisotopic (exact) mass is 532 g/mol. The van der Waals surface area contributed by atoms with Gasteiger partial charge >= 0.3 is 11.5 Å². The lowest BCUT2D eigenvalue weighted by molar-refractivity contribution is -0.141. The van der Waals surface area contributed by atoms with Gasteiger partial charge in [-0.15, -0.1) is 4.73 Å². The summed E-state index contributed by atoms with van der Waals surface area (Å²) in [4.78, 5) is 36.2. The summed E-state index contributed by atoms with van der Waals surface area (Å²) in [6.45, 7) is 2.89. The zero-order chi connectivity index (χ0) is 27.6. The molecule has 0 aliphatic rings. The quantitative estimate of drug-likeness (QED) is 0.275. The Labute approximate surface area is 230 Å².